The van der Waals surface area contributed by atoms with Gasteiger partial charge in [-0.2, -0.15) is 0 Å². The molecule has 1 atom stereocenters. The summed E-state index contributed by atoms with van der Waals surface area (Å²) in [5, 5.41) is 2.64. The van der Waals surface area contributed by atoms with E-state index in [0.717, 1.165) is 32.7 Å². The summed E-state index contributed by atoms with van der Waals surface area (Å²) in [7, 11) is 0. The molecule has 0 N–H and O–H groups in total. The second kappa shape index (κ2) is 8.00. The van der Waals surface area contributed by atoms with Crippen molar-refractivity contribution in [3.63, 3.8) is 0 Å². The Morgan fingerprint density at radius 2 is 1.89 bits per heavy atom. The van der Waals surface area contributed by atoms with Gasteiger partial charge in [0.25, 0.3) is 0 Å². The van der Waals surface area contributed by atoms with Gasteiger partial charge < -0.3 is 9.80 Å². The Bertz CT molecular complexity index is 818. The number of para-hydroxylation sites is 1. The maximum absolute atomic E-state index is 12.9. The first-order valence-corrected chi connectivity index (χ1v) is 10.5. The predicted molar refractivity (Wildman–Crippen MR) is 108 cm³/mol. The molecular weight excluding hydrogens is 382 g/mol. The van der Waals surface area contributed by atoms with Gasteiger partial charge in [0.1, 0.15) is 0 Å². The van der Waals surface area contributed by atoms with Crippen molar-refractivity contribution in [3.8, 4) is 0 Å². The number of nitrogens with zero attached hydrogens (tertiary/aromatic N) is 3. The number of carbonyl (C=O) groups is 2. The minimum Gasteiger partial charge on any atom is -0.340 e. The number of anilines is 1. The zero-order chi connectivity index (χ0) is 18.8. The highest BCUT2D eigenvalue weighted by Crippen LogP contribution is 2.31. The van der Waals surface area contributed by atoms with Gasteiger partial charge in [0.15, 0.2) is 0 Å². The Morgan fingerprint density at radius 1 is 1.11 bits per heavy atom. The number of piperazine rings is 1. The van der Waals surface area contributed by atoms with Gasteiger partial charge in [-0.1, -0.05) is 29.8 Å². The summed E-state index contributed by atoms with van der Waals surface area (Å²) in [6, 6.07) is 11.5. The first-order valence-electron chi connectivity index (χ1n) is 9.20. The van der Waals surface area contributed by atoms with Crippen LogP contribution in [0.3, 0.4) is 0 Å². The lowest BCUT2D eigenvalue weighted by atomic mass is 10.1. The Hall–Kier alpha value is -1.89. The van der Waals surface area contributed by atoms with E-state index in [0.29, 0.717) is 17.3 Å². The van der Waals surface area contributed by atoms with Gasteiger partial charge >= 0.3 is 0 Å². The summed E-state index contributed by atoms with van der Waals surface area (Å²) in [6.45, 7) is 4.55. The van der Waals surface area contributed by atoms with E-state index in [1.807, 2.05) is 23.1 Å². The second-order valence-corrected chi connectivity index (χ2v) is 8.48. The van der Waals surface area contributed by atoms with Gasteiger partial charge in [0.05, 0.1) is 16.6 Å². The number of rotatable bonds is 4. The topological polar surface area (TPSA) is 43.9 Å². The van der Waals surface area contributed by atoms with Crippen LogP contribution in [0.2, 0.25) is 5.02 Å². The minimum atomic E-state index is -0.280. The van der Waals surface area contributed by atoms with Crippen molar-refractivity contribution >= 4 is 40.4 Å². The lowest BCUT2D eigenvalue weighted by molar-refractivity contribution is -0.137. The van der Waals surface area contributed by atoms with Gasteiger partial charge in [0.2, 0.25) is 11.8 Å². The van der Waals surface area contributed by atoms with Crippen LogP contribution >= 0.6 is 22.9 Å². The molecule has 0 spiro atoms. The number of carbonyl (C=O) groups excluding carboxylic acids is 2. The van der Waals surface area contributed by atoms with Crippen molar-refractivity contribution in [2.24, 2.45) is 5.92 Å². The molecule has 1 aromatic carbocycles. The molecule has 27 heavy (non-hydrogen) atoms. The predicted octanol–water partition coefficient (Wildman–Crippen LogP) is 3.10. The van der Waals surface area contributed by atoms with E-state index in [-0.39, 0.29) is 24.2 Å². The maximum atomic E-state index is 12.9. The molecular formula is C20H22ClN3O2S. The average molecular weight is 404 g/mol. The summed E-state index contributed by atoms with van der Waals surface area (Å²) in [5.74, 6) is -0.218. The number of thiophene rings is 1. The number of halogens is 1. The standard InChI is InChI=1S/C20H22ClN3O2S/c21-17-5-1-2-6-18(17)24-13-15(12-19(24)25)20(26)23-9-7-22(8-10-23)14-16-4-3-11-27-16/h1-6,11,15H,7-10,12-14H2. The molecule has 1 aromatic heterocycles. The van der Waals surface area contributed by atoms with Crippen LogP contribution in [0.25, 0.3) is 0 Å². The molecule has 1 unspecified atom stereocenters. The normalized spacial score (nSPS) is 21.1. The zero-order valence-electron chi connectivity index (χ0n) is 15.0. The quantitative estimate of drug-likeness (QED) is 0.787. The van der Waals surface area contributed by atoms with Crippen molar-refractivity contribution in [2.75, 3.05) is 37.6 Å². The molecule has 3 heterocycles. The Labute approximate surface area is 168 Å². The van der Waals surface area contributed by atoms with Gasteiger partial charge in [-0.15, -0.1) is 11.3 Å². The van der Waals surface area contributed by atoms with Gasteiger partial charge in [0, 0.05) is 50.6 Å². The summed E-state index contributed by atoms with van der Waals surface area (Å²) >= 11 is 7.99. The van der Waals surface area contributed by atoms with Crippen LogP contribution in [-0.4, -0.2) is 54.3 Å². The largest absolute Gasteiger partial charge is 0.340 e. The zero-order valence-corrected chi connectivity index (χ0v) is 16.6. The SMILES string of the molecule is O=C(C1CC(=O)N(c2ccccc2Cl)C1)N1CCN(Cc2cccs2)CC1. The monoisotopic (exact) mass is 403 g/mol. The maximum Gasteiger partial charge on any atom is 0.228 e. The summed E-state index contributed by atoms with van der Waals surface area (Å²) in [4.78, 5) is 32.7. The van der Waals surface area contributed by atoms with E-state index in [2.05, 4.69) is 22.4 Å². The molecule has 5 nitrogen and oxygen atoms in total. The van der Waals surface area contributed by atoms with E-state index < -0.39 is 0 Å². The lowest BCUT2D eigenvalue weighted by Gasteiger charge is -2.35. The fourth-order valence-corrected chi connectivity index (χ4v) is 4.77. The van der Waals surface area contributed by atoms with Crippen LogP contribution in [0.1, 0.15) is 11.3 Å². The Morgan fingerprint density at radius 3 is 2.59 bits per heavy atom. The Balaban J connectivity index is 1.34. The first kappa shape index (κ1) is 18.5. The molecule has 2 fully saturated rings. The molecule has 2 saturated heterocycles. The van der Waals surface area contributed by atoms with Crippen molar-refractivity contribution < 1.29 is 9.59 Å². The van der Waals surface area contributed by atoms with Gasteiger partial charge in [-0.25, -0.2) is 0 Å². The van der Waals surface area contributed by atoms with Crippen molar-refractivity contribution in [3.05, 3.63) is 51.7 Å². The molecule has 2 aromatic rings. The summed E-state index contributed by atoms with van der Waals surface area (Å²) < 4.78 is 0. The number of hydrogen-bond acceptors (Lipinski definition) is 4. The number of benzene rings is 1. The number of hydrogen-bond donors (Lipinski definition) is 0. The highest BCUT2D eigenvalue weighted by atomic mass is 35.5. The molecule has 2 amide bonds. The van der Waals surface area contributed by atoms with E-state index in [1.54, 1.807) is 22.3 Å². The van der Waals surface area contributed by atoms with E-state index in [9.17, 15) is 9.59 Å². The van der Waals surface area contributed by atoms with Crippen molar-refractivity contribution in [1.82, 2.24) is 9.80 Å². The molecule has 2 aliphatic rings. The molecule has 142 valence electrons. The molecule has 0 aliphatic carbocycles. The third kappa shape index (κ3) is 4.03. The summed E-state index contributed by atoms with van der Waals surface area (Å²) in [6.07, 6.45) is 0.263. The Kier molecular flexibility index (Phi) is 5.48. The first-order chi connectivity index (χ1) is 13.1. The molecule has 2 aliphatic heterocycles. The highest BCUT2D eigenvalue weighted by Gasteiger charge is 2.38. The smallest absolute Gasteiger partial charge is 0.228 e. The number of amides is 2. The van der Waals surface area contributed by atoms with Crippen LogP contribution in [-0.2, 0) is 16.1 Å². The van der Waals surface area contributed by atoms with Crippen LogP contribution in [0.5, 0.6) is 0 Å². The third-order valence-corrected chi connectivity index (χ3v) is 6.44. The van der Waals surface area contributed by atoms with Crippen molar-refractivity contribution in [2.45, 2.75) is 13.0 Å². The van der Waals surface area contributed by atoms with Crippen LogP contribution in [0.4, 0.5) is 5.69 Å². The highest BCUT2D eigenvalue weighted by molar-refractivity contribution is 7.09. The lowest BCUT2D eigenvalue weighted by Crippen LogP contribution is -2.50. The molecule has 4 rings (SSSR count). The minimum absolute atomic E-state index is 0.0298. The second-order valence-electron chi connectivity index (χ2n) is 7.04. The van der Waals surface area contributed by atoms with Crippen molar-refractivity contribution in [1.29, 1.82) is 0 Å². The molecule has 0 radical (unpaired) electrons. The molecule has 7 heteroatoms. The van der Waals surface area contributed by atoms with E-state index >= 15 is 0 Å². The molecule has 0 bridgehead atoms. The van der Waals surface area contributed by atoms with E-state index in [1.165, 1.54) is 4.88 Å². The fourth-order valence-electron chi connectivity index (χ4n) is 3.78. The van der Waals surface area contributed by atoms with Gasteiger partial charge in [-0.3, -0.25) is 14.5 Å². The van der Waals surface area contributed by atoms with Gasteiger partial charge in [-0.05, 0) is 23.6 Å². The van der Waals surface area contributed by atoms with E-state index in [4.69, 9.17) is 11.6 Å². The molecule has 0 saturated carbocycles. The average Bonchev–Trinajstić information content (AvgIpc) is 3.32. The van der Waals surface area contributed by atoms with Crippen LogP contribution in [0, 0.1) is 5.92 Å². The fraction of sp³-hybridized carbons (Fsp3) is 0.400. The third-order valence-electron chi connectivity index (χ3n) is 5.26. The summed E-state index contributed by atoms with van der Waals surface area (Å²) in [5.41, 5.74) is 0.695. The van der Waals surface area contributed by atoms with Crippen LogP contribution < -0.4 is 4.90 Å². The van der Waals surface area contributed by atoms with Crippen LogP contribution in [0.15, 0.2) is 41.8 Å².